The van der Waals surface area contributed by atoms with E-state index in [0.717, 1.165) is 0 Å². The van der Waals surface area contributed by atoms with E-state index in [1.807, 2.05) is 0 Å². The summed E-state index contributed by atoms with van der Waals surface area (Å²) in [5.74, 6) is 0.607. The molecule has 0 spiro atoms. The van der Waals surface area contributed by atoms with Crippen LogP contribution < -0.4 is 0 Å². The maximum absolute atomic E-state index is 10.0. The maximum Gasteiger partial charge on any atom is 0.165 e. The van der Waals surface area contributed by atoms with Crippen LogP contribution in [-0.4, -0.2) is 59.8 Å². The van der Waals surface area contributed by atoms with Crippen molar-refractivity contribution in [3.8, 4) is 0 Å². The summed E-state index contributed by atoms with van der Waals surface area (Å²) in [6.45, 7) is 1.38. The molecule has 0 aromatic carbocycles. The Morgan fingerprint density at radius 3 is 2.85 bits per heavy atom. The molecule has 3 rings (SSSR count). The number of rotatable bonds is 2. The fourth-order valence-electron chi connectivity index (χ4n) is 2.35. The second-order valence-corrected chi connectivity index (χ2v) is 5.09. The van der Waals surface area contributed by atoms with Gasteiger partial charge in [-0.2, -0.15) is 0 Å². The van der Waals surface area contributed by atoms with Crippen molar-refractivity contribution in [1.82, 2.24) is 19.5 Å². The molecule has 2 aromatic heterocycles. The van der Waals surface area contributed by atoms with E-state index in [0.29, 0.717) is 21.6 Å². The molecule has 0 radical (unpaired) electrons. The van der Waals surface area contributed by atoms with Gasteiger partial charge in [-0.3, -0.25) is 4.57 Å². The zero-order valence-electron chi connectivity index (χ0n) is 10.6. The van der Waals surface area contributed by atoms with Crippen molar-refractivity contribution < 1.29 is 20.1 Å². The van der Waals surface area contributed by atoms with Crippen molar-refractivity contribution in [2.75, 3.05) is 6.61 Å². The molecule has 8 nitrogen and oxygen atoms in total. The van der Waals surface area contributed by atoms with Gasteiger partial charge in [-0.05, 0) is 6.92 Å². The van der Waals surface area contributed by atoms with Crippen LogP contribution in [0.2, 0.25) is 0 Å². The monoisotopic (exact) mass is 298 g/mol. The van der Waals surface area contributed by atoms with E-state index in [4.69, 9.17) is 22.1 Å². The van der Waals surface area contributed by atoms with Crippen molar-refractivity contribution in [3.63, 3.8) is 0 Å². The van der Waals surface area contributed by atoms with Gasteiger partial charge in [0, 0.05) is 0 Å². The fraction of sp³-hybridized carbons (Fsp3) is 0.545. The van der Waals surface area contributed by atoms with E-state index in [-0.39, 0.29) is 6.61 Å². The molecule has 4 atom stereocenters. The molecule has 2 aromatic rings. The number of aliphatic hydroxyl groups is 3. The third-order valence-corrected chi connectivity index (χ3v) is 3.64. The topological polar surface area (TPSA) is 116 Å². The number of imidazole rings is 1. The fourth-order valence-corrected chi connectivity index (χ4v) is 2.64. The number of aliphatic hydroxyl groups excluding tert-OH is 3. The Morgan fingerprint density at radius 2 is 2.20 bits per heavy atom. The number of aryl methyl sites for hydroxylation is 1. The second kappa shape index (κ2) is 4.86. The van der Waals surface area contributed by atoms with Gasteiger partial charge >= 0.3 is 0 Å². The molecule has 0 saturated carbocycles. The molecule has 0 unspecified atom stereocenters. The van der Waals surface area contributed by atoms with E-state index < -0.39 is 24.5 Å². The lowest BCUT2D eigenvalue weighted by atomic mass is 10.1. The number of H-pyrrole nitrogens is 1. The Labute approximate surface area is 118 Å². The smallest absolute Gasteiger partial charge is 0.165 e. The van der Waals surface area contributed by atoms with Crippen LogP contribution in [0.25, 0.3) is 11.2 Å². The molecule has 3 heterocycles. The Morgan fingerprint density at radius 1 is 1.45 bits per heavy atom. The maximum atomic E-state index is 10.0. The van der Waals surface area contributed by atoms with Gasteiger partial charge < -0.3 is 25.0 Å². The van der Waals surface area contributed by atoms with Crippen molar-refractivity contribution in [3.05, 3.63) is 16.8 Å². The minimum atomic E-state index is -1.17. The number of nitrogens with one attached hydrogen (secondary N) is 1. The van der Waals surface area contributed by atoms with Crippen LogP contribution in [0.5, 0.6) is 0 Å². The highest BCUT2D eigenvalue weighted by molar-refractivity contribution is 7.71. The molecule has 0 amide bonds. The standard InChI is InChI=1S/C11H14N4O4S/c1-4-13-9-6(10(20)14-4)12-3-15(9)11-8(18)7(17)5(2-16)19-11/h3,5,7-8,11,16-18H,2H2,1H3,(H,13,14,20)/t5-,7-,8-,11-/m1/s1. The third-order valence-electron chi connectivity index (χ3n) is 3.36. The molecule has 0 bridgehead atoms. The van der Waals surface area contributed by atoms with Crippen LogP contribution in [0.15, 0.2) is 6.33 Å². The average molecular weight is 298 g/mol. The average Bonchev–Trinajstić information content (AvgIpc) is 2.93. The number of nitrogens with zero attached hydrogens (tertiary/aromatic N) is 3. The molecule has 1 fully saturated rings. The molecule has 9 heteroatoms. The predicted octanol–water partition coefficient (Wildman–Crippen LogP) is -0.591. The molecular weight excluding hydrogens is 284 g/mol. The van der Waals surface area contributed by atoms with Gasteiger partial charge in [-0.25, -0.2) is 9.97 Å². The van der Waals surface area contributed by atoms with E-state index in [9.17, 15) is 10.2 Å². The van der Waals surface area contributed by atoms with Crippen molar-refractivity contribution in [1.29, 1.82) is 0 Å². The van der Waals surface area contributed by atoms with Gasteiger partial charge in [0.2, 0.25) is 0 Å². The first-order valence-electron chi connectivity index (χ1n) is 6.09. The van der Waals surface area contributed by atoms with E-state index in [1.54, 1.807) is 11.5 Å². The summed E-state index contributed by atoms with van der Waals surface area (Å²) < 4.78 is 7.36. The summed E-state index contributed by atoms with van der Waals surface area (Å²) in [5, 5.41) is 29.0. The summed E-state index contributed by atoms with van der Waals surface area (Å²) in [5.41, 5.74) is 1.04. The van der Waals surface area contributed by atoms with Crippen molar-refractivity contribution in [2.24, 2.45) is 0 Å². The summed E-state index contributed by atoms with van der Waals surface area (Å²) in [7, 11) is 0. The number of aromatic nitrogens is 4. The van der Waals surface area contributed by atoms with Crippen molar-refractivity contribution in [2.45, 2.75) is 31.5 Å². The summed E-state index contributed by atoms with van der Waals surface area (Å²) in [6, 6.07) is 0. The zero-order valence-corrected chi connectivity index (χ0v) is 11.4. The SMILES string of the molecule is Cc1nc(=S)c2ncn([C@@H]3O[C@H](CO)[C@@H](O)[C@H]3O)c2[nH]1. The third kappa shape index (κ3) is 1.95. The number of ether oxygens (including phenoxy) is 1. The Bertz CT molecular complexity index is 699. The quantitative estimate of drug-likeness (QED) is 0.547. The lowest BCUT2D eigenvalue weighted by Gasteiger charge is -2.16. The summed E-state index contributed by atoms with van der Waals surface area (Å²) in [6.07, 6.45) is -2.55. The zero-order chi connectivity index (χ0) is 14.4. The number of fused-ring (bicyclic) bond motifs is 1. The van der Waals surface area contributed by atoms with E-state index in [2.05, 4.69) is 15.0 Å². The van der Waals surface area contributed by atoms with Gasteiger partial charge in [0.1, 0.15) is 35.3 Å². The molecule has 4 N–H and O–H groups in total. The van der Waals surface area contributed by atoms with Crippen molar-refractivity contribution >= 4 is 23.4 Å². The second-order valence-electron chi connectivity index (χ2n) is 4.71. The molecular formula is C11H14N4O4S. The molecule has 0 aliphatic carbocycles. The van der Waals surface area contributed by atoms with Crippen LogP contribution >= 0.6 is 12.2 Å². The van der Waals surface area contributed by atoms with E-state index >= 15 is 0 Å². The lowest BCUT2D eigenvalue weighted by Crippen LogP contribution is -2.33. The number of hydrogen-bond acceptors (Lipinski definition) is 7. The first kappa shape index (κ1) is 13.6. The summed E-state index contributed by atoms with van der Waals surface area (Å²) in [4.78, 5) is 11.3. The largest absolute Gasteiger partial charge is 0.394 e. The van der Waals surface area contributed by atoms with Crippen LogP contribution in [0.1, 0.15) is 12.1 Å². The first-order chi connectivity index (χ1) is 9.52. The molecule has 1 aliphatic heterocycles. The van der Waals surface area contributed by atoms with Crippen LogP contribution in [0.3, 0.4) is 0 Å². The van der Waals surface area contributed by atoms with Crippen LogP contribution in [0, 0.1) is 11.6 Å². The first-order valence-corrected chi connectivity index (χ1v) is 6.49. The molecule has 108 valence electrons. The molecule has 1 saturated heterocycles. The van der Waals surface area contributed by atoms with Crippen LogP contribution in [0.4, 0.5) is 0 Å². The molecule has 20 heavy (non-hydrogen) atoms. The molecule has 1 aliphatic rings. The highest BCUT2D eigenvalue weighted by Crippen LogP contribution is 2.31. The normalized spacial score (nSPS) is 30.2. The van der Waals surface area contributed by atoms with Crippen LogP contribution in [-0.2, 0) is 4.74 Å². The minimum Gasteiger partial charge on any atom is -0.394 e. The number of hydrogen-bond donors (Lipinski definition) is 4. The van der Waals surface area contributed by atoms with E-state index in [1.165, 1.54) is 6.33 Å². The van der Waals surface area contributed by atoms with Gasteiger partial charge in [-0.15, -0.1) is 0 Å². The Hall–Kier alpha value is -1.39. The highest BCUT2D eigenvalue weighted by atomic mass is 32.1. The van der Waals surface area contributed by atoms with Gasteiger partial charge in [0.05, 0.1) is 12.9 Å². The van der Waals surface area contributed by atoms with Gasteiger partial charge in [0.25, 0.3) is 0 Å². The van der Waals surface area contributed by atoms with Gasteiger partial charge in [-0.1, -0.05) is 12.2 Å². The highest BCUT2D eigenvalue weighted by Gasteiger charge is 2.43. The number of aromatic amines is 1. The minimum absolute atomic E-state index is 0.349. The Kier molecular flexibility index (Phi) is 3.30. The summed E-state index contributed by atoms with van der Waals surface area (Å²) >= 11 is 5.13. The predicted molar refractivity (Wildman–Crippen MR) is 70.5 cm³/mol. The lowest BCUT2D eigenvalue weighted by molar-refractivity contribution is -0.0511. The van der Waals surface area contributed by atoms with Gasteiger partial charge in [0.15, 0.2) is 10.9 Å². The Balaban J connectivity index is 2.09.